The second kappa shape index (κ2) is 7.16. The van der Waals surface area contributed by atoms with Crippen molar-refractivity contribution in [3.63, 3.8) is 0 Å². The monoisotopic (exact) mass is 281 g/mol. The highest BCUT2D eigenvalue weighted by Gasteiger charge is 2.40. The third-order valence-electron chi connectivity index (χ3n) is 4.11. The summed E-state index contributed by atoms with van der Waals surface area (Å²) in [7, 11) is 1.96. The Balaban J connectivity index is 2.13. The minimum Gasteiger partial charge on any atom is -0.381 e. The molecular weight excluding hydrogens is 257 g/mol. The first-order valence-corrected chi connectivity index (χ1v) is 7.33. The van der Waals surface area contributed by atoms with Crippen LogP contribution >= 0.6 is 0 Å². The molecule has 0 spiro atoms. The van der Waals surface area contributed by atoms with Crippen LogP contribution in [0.15, 0.2) is 24.3 Å². The van der Waals surface area contributed by atoms with Gasteiger partial charge in [-0.25, -0.2) is 4.39 Å². The molecule has 1 heterocycles. The molecule has 4 heteroatoms. The number of rotatable bonds is 6. The molecule has 0 aliphatic carbocycles. The number of nitrogens with one attached hydrogen (secondary N) is 1. The van der Waals surface area contributed by atoms with Crippen molar-refractivity contribution in [2.24, 2.45) is 0 Å². The summed E-state index contributed by atoms with van der Waals surface area (Å²) in [6.45, 7) is 4.20. The van der Waals surface area contributed by atoms with E-state index in [0.717, 1.165) is 38.0 Å². The molecule has 0 bridgehead atoms. The van der Waals surface area contributed by atoms with Crippen LogP contribution in [0.3, 0.4) is 0 Å². The lowest BCUT2D eigenvalue weighted by molar-refractivity contribution is -0.125. The highest BCUT2D eigenvalue weighted by molar-refractivity contribution is 5.18. The molecule has 0 amide bonds. The van der Waals surface area contributed by atoms with Crippen LogP contribution in [0.5, 0.6) is 0 Å². The van der Waals surface area contributed by atoms with Gasteiger partial charge in [0.2, 0.25) is 0 Å². The van der Waals surface area contributed by atoms with E-state index in [0.29, 0.717) is 6.61 Å². The van der Waals surface area contributed by atoms with Gasteiger partial charge in [-0.05, 0) is 38.1 Å². The van der Waals surface area contributed by atoms with Crippen molar-refractivity contribution in [1.29, 1.82) is 0 Å². The van der Waals surface area contributed by atoms with E-state index >= 15 is 0 Å². The molecule has 1 saturated heterocycles. The van der Waals surface area contributed by atoms with Gasteiger partial charge >= 0.3 is 0 Å². The maximum atomic E-state index is 13.0. The predicted octanol–water partition coefficient (Wildman–Crippen LogP) is 2.54. The maximum Gasteiger partial charge on any atom is 0.123 e. The van der Waals surface area contributed by atoms with E-state index in [2.05, 4.69) is 5.32 Å². The molecule has 1 atom stereocenters. The molecule has 1 aliphatic rings. The Hall–Kier alpha value is -0.970. The van der Waals surface area contributed by atoms with Crippen LogP contribution in [0, 0.1) is 5.82 Å². The summed E-state index contributed by atoms with van der Waals surface area (Å²) in [5.41, 5.74) is 0.937. The second-order valence-electron chi connectivity index (χ2n) is 5.28. The van der Waals surface area contributed by atoms with Gasteiger partial charge in [0.1, 0.15) is 5.82 Å². The number of benzene rings is 1. The van der Waals surface area contributed by atoms with Gasteiger partial charge in [-0.2, -0.15) is 0 Å². The Bertz CT molecular complexity index is 396. The van der Waals surface area contributed by atoms with Gasteiger partial charge in [-0.3, -0.25) is 0 Å². The zero-order valence-corrected chi connectivity index (χ0v) is 12.3. The largest absolute Gasteiger partial charge is 0.381 e. The first kappa shape index (κ1) is 15.4. The van der Waals surface area contributed by atoms with Crippen molar-refractivity contribution in [2.45, 2.75) is 37.8 Å². The summed E-state index contributed by atoms with van der Waals surface area (Å²) in [6, 6.07) is 6.92. The van der Waals surface area contributed by atoms with Crippen molar-refractivity contribution in [3.8, 4) is 0 Å². The Kier molecular flexibility index (Phi) is 5.52. The number of halogens is 1. The maximum absolute atomic E-state index is 13.0. The van der Waals surface area contributed by atoms with Crippen molar-refractivity contribution in [1.82, 2.24) is 5.32 Å². The summed E-state index contributed by atoms with van der Waals surface area (Å²) in [4.78, 5) is 0. The molecule has 1 fully saturated rings. The Labute approximate surface area is 120 Å². The summed E-state index contributed by atoms with van der Waals surface area (Å²) in [5, 5.41) is 3.39. The molecule has 1 unspecified atom stereocenters. The van der Waals surface area contributed by atoms with Crippen LogP contribution in [0.25, 0.3) is 0 Å². The summed E-state index contributed by atoms with van der Waals surface area (Å²) >= 11 is 0. The molecule has 20 heavy (non-hydrogen) atoms. The fourth-order valence-corrected chi connectivity index (χ4v) is 3.01. The van der Waals surface area contributed by atoms with Gasteiger partial charge in [0.25, 0.3) is 0 Å². The minimum absolute atomic E-state index is 0.184. The average Bonchev–Trinajstić information content (AvgIpc) is 2.48. The molecule has 112 valence electrons. The molecule has 1 aliphatic heterocycles. The number of hydrogen-bond acceptors (Lipinski definition) is 3. The smallest absolute Gasteiger partial charge is 0.123 e. The summed E-state index contributed by atoms with van der Waals surface area (Å²) in [6.07, 6.45) is 2.62. The van der Waals surface area contributed by atoms with Gasteiger partial charge in [-0.1, -0.05) is 12.1 Å². The Morgan fingerprint density at radius 2 is 1.95 bits per heavy atom. The fraction of sp³-hybridized carbons (Fsp3) is 0.625. The average molecular weight is 281 g/mol. The van der Waals surface area contributed by atoms with E-state index in [4.69, 9.17) is 9.47 Å². The molecule has 0 radical (unpaired) electrons. The van der Waals surface area contributed by atoms with E-state index in [-0.39, 0.29) is 17.5 Å². The lowest BCUT2D eigenvalue weighted by atomic mass is 9.82. The van der Waals surface area contributed by atoms with Crippen LogP contribution in [0.4, 0.5) is 4.39 Å². The van der Waals surface area contributed by atoms with Gasteiger partial charge in [0, 0.05) is 38.7 Å². The van der Waals surface area contributed by atoms with Gasteiger partial charge in [0.15, 0.2) is 0 Å². The molecule has 1 aromatic rings. The Morgan fingerprint density at radius 1 is 1.30 bits per heavy atom. The van der Waals surface area contributed by atoms with Crippen LogP contribution < -0.4 is 5.32 Å². The van der Waals surface area contributed by atoms with Crippen molar-refractivity contribution in [2.75, 3.05) is 26.9 Å². The second-order valence-corrected chi connectivity index (χ2v) is 5.28. The zero-order chi connectivity index (χ0) is 14.4. The molecule has 0 saturated carbocycles. The molecular formula is C16H24FNO2. The molecule has 1 N–H and O–H groups in total. The Morgan fingerprint density at radius 3 is 2.50 bits per heavy atom. The van der Waals surface area contributed by atoms with Crippen LogP contribution in [0.1, 0.15) is 25.3 Å². The first-order chi connectivity index (χ1) is 9.70. The van der Waals surface area contributed by atoms with Gasteiger partial charge in [-0.15, -0.1) is 0 Å². The number of likely N-dealkylation sites (N-methyl/N-ethyl adjacent to an activating group) is 1. The normalized spacial score (nSPS) is 19.8. The van der Waals surface area contributed by atoms with E-state index in [9.17, 15) is 4.39 Å². The zero-order valence-electron chi connectivity index (χ0n) is 12.3. The lowest BCUT2D eigenvalue weighted by Gasteiger charge is -2.43. The third-order valence-corrected chi connectivity index (χ3v) is 4.11. The van der Waals surface area contributed by atoms with Crippen molar-refractivity contribution < 1.29 is 13.9 Å². The first-order valence-electron chi connectivity index (χ1n) is 7.33. The molecule has 1 aromatic carbocycles. The lowest BCUT2D eigenvalue weighted by Crippen LogP contribution is -2.55. The standard InChI is InChI=1S/C16H24FNO2/c1-3-20-16(8-10-19-11-9-16)15(18-2)12-13-4-6-14(17)7-5-13/h4-7,15,18H,3,8-12H2,1-2H3. The van der Waals surface area contributed by atoms with Gasteiger partial charge in [0.05, 0.1) is 5.60 Å². The van der Waals surface area contributed by atoms with Crippen molar-refractivity contribution >= 4 is 0 Å². The highest BCUT2D eigenvalue weighted by atomic mass is 19.1. The third kappa shape index (κ3) is 3.57. The predicted molar refractivity (Wildman–Crippen MR) is 77.4 cm³/mol. The fourth-order valence-electron chi connectivity index (χ4n) is 3.01. The summed E-state index contributed by atoms with van der Waals surface area (Å²) in [5.74, 6) is -0.194. The highest BCUT2D eigenvalue weighted by Crippen LogP contribution is 2.30. The van der Waals surface area contributed by atoms with E-state index < -0.39 is 0 Å². The van der Waals surface area contributed by atoms with Crippen LogP contribution in [-0.2, 0) is 15.9 Å². The molecule has 0 aromatic heterocycles. The topological polar surface area (TPSA) is 30.5 Å². The van der Waals surface area contributed by atoms with E-state index in [1.165, 1.54) is 12.1 Å². The summed E-state index contributed by atoms with van der Waals surface area (Å²) < 4.78 is 24.6. The van der Waals surface area contributed by atoms with Gasteiger partial charge < -0.3 is 14.8 Å². The van der Waals surface area contributed by atoms with Crippen LogP contribution in [-0.4, -0.2) is 38.5 Å². The number of ether oxygens (including phenoxy) is 2. The van der Waals surface area contributed by atoms with Crippen LogP contribution in [0.2, 0.25) is 0 Å². The number of hydrogen-bond donors (Lipinski definition) is 1. The quantitative estimate of drug-likeness (QED) is 0.869. The SMILES string of the molecule is CCOC1(C(Cc2ccc(F)cc2)NC)CCOCC1. The minimum atomic E-state index is -0.194. The van der Waals surface area contributed by atoms with E-state index in [1.54, 1.807) is 0 Å². The molecule has 3 nitrogen and oxygen atoms in total. The van der Waals surface area contributed by atoms with Crippen molar-refractivity contribution in [3.05, 3.63) is 35.6 Å². The molecule has 2 rings (SSSR count). The van der Waals surface area contributed by atoms with E-state index in [1.807, 2.05) is 26.1 Å².